The van der Waals surface area contributed by atoms with Gasteiger partial charge in [-0.05, 0) is 38.5 Å². The molecule has 1 aliphatic rings. The van der Waals surface area contributed by atoms with Crippen molar-refractivity contribution in [2.75, 3.05) is 6.54 Å². The Kier molecular flexibility index (Phi) is 5.17. The Bertz CT molecular complexity index is 312. The number of amides is 1. The van der Waals surface area contributed by atoms with Gasteiger partial charge in [0.15, 0.2) is 0 Å². The summed E-state index contributed by atoms with van der Waals surface area (Å²) in [5.41, 5.74) is -1.33. The molecule has 2 atom stereocenters. The zero-order valence-electron chi connectivity index (χ0n) is 11.7. The molecule has 0 aromatic rings. The average Bonchev–Trinajstić information content (AvgIpc) is 2.28. The first kappa shape index (κ1) is 15.0. The van der Waals surface area contributed by atoms with Crippen LogP contribution in [0.3, 0.4) is 0 Å². The molecule has 2 N–H and O–H groups in total. The molecule has 1 fully saturated rings. The second kappa shape index (κ2) is 6.21. The number of rotatable bonds is 5. The first-order valence-electron chi connectivity index (χ1n) is 6.85. The lowest BCUT2D eigenvalue weighted by molar-refractivity contribution is -0.153. The third-order valence-corrected chi connectivity index (χ3v) is 3.99. The van der Waals surface area contributed by atoms with Crippen LogP contribution in [-0.2, 0) is 9.59 Å². The van der Waals surface area contributed by atoms with Crippen molar-refractivity contribution in [3.63, 3.8) is 0 Å². The number of carboxylic acid groups (broad SMARTS) is 1. The van der Waals surface area contributed by atoms with Crippen molar-refractivity contribution in [3.8, 4) is 0 Å². The van der Waals surface area contributed by atoms with E-state index in [1.54, 1.807) is 0 Å². The van der Waals surface area contributed by atoms with Gasteiger partial charge in [0.1, 0.15) is 5.41 Å². The summed E-state index contributed by atoms with van der Waals surface area (Å²) >= 11 is 0. The van der Waals surface area contributed by atoms with Crippen molar-refractivity contribution >= 4 is 11.9 Å². The summed E-state index contributed by atoms with van der Waals surface area (Å²) in [6.07, 6.45) is 6.03. The first-order valence-corrected chi connectivity index (χ1v) is 6.85. The largest absolute Gasteiger partial charge is 0.480 e. The zero-order valence-corrected chi connectivity index (χ0v) is 11.7. The molecule has 0 aromatic carbocycles. The summed E-state index contributed by atoms with van der Waals surface area (Å²) in [6, 6.07) is 0. The van der Waals surface area contributed by atoms with Gasteiger partial charge in [0.2, 0.25) is 5.91 Å². The average molecular weight is 255 g/mol. The van der Waals surface area contributed by atoms with Crippen LogP contribution in [-0.4, -0.2) is 23.5 Å². The van der Waals surface area contributed by atoms with Crippen LogP contribution in [0.1, 0.15) is 52.9 Å². The molecule has 1 rings (SSSR count). The second-order valence-electron chi connectivity index (χ2n) is 6.11. The Morgan fingerprint density at radius 1 is 1.33 bits per heavy atom. The molecule has 4 heteroatoms. The van der Waals surface area contributed by atoms with Gasteiger partial charge in [-0.3, -0.25) is 9.59 Å². The van der Waals surface area contributed by atoms with Crippen molar-refractivity contribution in [2.24, 2.45) is 17.3 Å². The fraction of sp³-hybridized carbons (Fsp3) is 0.857. The molecule has 2 unspecified atom stereocenters. The Morgan fingerprint density at radius 3 is 2.56 bits per heavy atom. The van der Waals surface area contributed by atoms with Gasteiger partial charge in [0, 0.05) is 6.54 Å². The molecule has 0 heterocycles. The lowest BCUT2D eigenvalue weighted by Crippen LogP contribution is -2.43. The molecule has 18 heavy (non-hydrogen) atoms. The predicted molar refractivity (Wildman–Crippen MR) is 70.2 cm³/mol. The minimum absolute atomic E-state index is 0.390. The molecule has 0 radical (unpaired) electrons. The second-order valence-corrected chi connectivity index (χ2v) is 6.11. The van der Waals surface area contributed by atoms with Gasteiger partial charge >= 0.3 is 5.97 Å². The van der Waals surface area contributed by atoms with Crippen LogP contribution in [0.2, 0.25) is 0 Å². The lowest BCUT2D eigenvalue weighted by Gasteiger charge is -2.27. The number of aliphatic carboxylic acids is 1. The van der Waals surface area contributed by atoms with Gasteiger partial charge < -0.3 is 10.4 Å². The normalized spacial score (nSPS) is 24.6. The van der Waals surface area contributed by atoms with Crippen LogP contribution in [0.25, 0.3) is 0 Å². The third kappa shape index (κ3) is 4.00. The molecule has 1 amide bonds. The fourth-order valence-corrected chi connectivity index (χ4v) is 2.53. The SMILES string of the molecule is CC1CCCC(CCNC(=O)C(C)(C)C(=O)O)C1. The Hall–Kier alpha value is -1.06. The monoisotopic (exact) mass is 255 g/mol. The summed E-state index contributed by atoms with van der Waals surface area (Å²) in [7, 11) is 0. The lowest BCUT2D eigenvalue weighted by atomic mass is 9.81. The van der Waals surface area contributed by atoms with E-state index in [-0.39, 0.29) is 5.91 Å². The molecule has 4 nitrogen and oxygen atoms in total. The zero-order chi connectivity index (χ0) is 13.8. The highest BCUT2D eigenvalue weighted by Gasteiger charge is 2.35. The van der Waals surface area contributed by atoms with Gasteiger partial charge in [-0.2, -0.15) is 0 Å². The van der Waals surface area contributed by atoms with Gasteiger partial charge in [0.25, 0.3) is 0 Å². The van der Waals surface area contributed by atoms with E-state index < -0.39 is 11.4 Å². The molecular weight excluding hydrogens is 230 g/mol. The number of carbonyl (C=O) groups excluding carboxylic acids is 1. The fourth-order valence-electron chi connectivity index (χ4n) is 2.53. The van der Waals surface area contributed by atoms with Crippen molar-refractivity contribution in [1.29, 1.82) is 0 Å². The van der Waals surface area contributed by atoms with E-state index in [1.807, 2.05) is 0 Å². The van der Waals surface area contributed by atoms with Crippen molar-refractivity contribution in [3.05, 3.63) is 0 Å². The third-order valence-electron chi connectivity index (χ3n) is 3.99. The van der Waals surface area contributed by atoms with Crippen LogP contribution < -0.4 is 5.32 Å². The summed E-state index contributed by atoms with van der Waals surface area (Å²) in [5.74, 6) is 0.00190. The maximum Gasteiger partial charge on any atom is 0.318 e. The number of hydrogen-bond acceptors (Lipinski definition) is 2. The molecule has 0 spiro atoms. The van der Waals surface area contributed by atoms with Crippen molar-refractivity contribution in [2.45, 2.75) is 52.9 Å². The summed E-state index contributed by atoms with van der Waals surface area (Å²) in [6.45, 7) is 5.74. The number of nitrogens with one attached hydrogen (secondary N) is 1. The maximum atomic E-state index is 11.7. The van der Waals surface area contributed by atoms with Crippen molar-refractivity contribution < 1.29 is 14.7 Å². The van der Waals surface area contributed by atoms with Crippen LogP contribution in [0.5, 0.6) is 0 Å². The molecule has 1 aliphatic carbocycles. The van der Waals surface area contributed by atoms with Gasteiger partial charge in [-0.25, -0.2) is 0 Å². The van der Waals surface area contributed by atoms with Gasteiger partial charge in [-0.15, -0.1) is 0 Å². The molecule has 0 bridgehead atoms. The van der Waals surface area contributed by atoms with Crippen LogP contribution in [0.15, 0.2) is 0 Å². The van der Waals surface area contributed by atoms with E-state index in [2.05, 4.69) is 12.2 Å². The maximum absolute atomic E-state index is 11.7. The van der Waals surface area contributed by atoms with E-state index in [1.165, 1.54) is 39.5 Å². The Labute approximate surface area is 109 Å². The Morgan fingerprint density at radius 2 is 2.00 bits per heavy atom. The number of carbonyl (C=O) groups is 2. The number of hydrogen-bond donors (Lipinski definition) is 2. The minimum Gasteiger partial charge on any atom is -0.480 e. The van der Waals surface area contributed by atoms with Crippen LogP contribution >= 0.6 is 0 Å². The summed E-state index contributed by atoms with van der Waals surface area (Å²) < 4.78 is 0. The van der Waals surface area contributed by atoms with E-state index in [0.717, 1.165) is 12.3 Å². The summed E-state index contributed by atoms with van der Waals surface area (Å²) in [4.78, 5) is 22.6. The number of carboxylic acids is 1. The smallest absolute Gasteiger partial charge is 0.318 e. The van der Waals surface area contributed by atoms with E-state index >= 15 is 0 Å². The molecule has 0 aliphatic heterocycles. The van der Waals surface area contributed by atoms with Crippen LogP contribution in [0, 0.1) is 17.3 Å². The highest BCUT2D eigenvalue weighted by atomic mass is 16.4. The molecule has 1 saturated carbocycles. The highest BCUT2D eigenvalue weighted by Crippen LogP contribution is 2.30. The molecule has 0 aromatic heterocycles. The highest BCUT2D eigenvalue weighted by molar-refractivity contribution is 6.00. The molecular formula is C14H25NO3. The van der Waals surface area contributed by atoms with E-state index in [9.17, 15) is 9.59 Å². The quantitative estimate of drug-likeness (QED) is 0.741. The topological polar surface area (TPSA) is 66.4 Å². The van der Waals surface area contributed by atoms with Gasteiger partial charge in [0.05, 0.1) is 0 Å². The molecule has 104 valence electrons. The minimum atomic E-state index is -1.33. The predicted octanol–water partition coefficient (Wildman–Crippen LogP) is 2.43. The Balaban J connectivity index is 2.29. The first-order chi connectivity index (χ1) is 8.34. The molecule has 0 saturated heterocycles. The van der Waals surface area contributed by atoms with E-state index in [4.69, 9.17) is 5.11 Å². The standard InChI is InChI=1S/C14H25NO3/c1-10-5-4-6-11(9-10)7-8-15-12(16)14(2,3)13(17)18/h10-11H,4-9H2,1-3H3,(H,15,16)(H,17,18). The van der Waals surface area contributed by atoms with Gasteiger partial charge in [-0.1, -0.05) is 26.2 Å². The van der Waals surface area contributed by atoms with Crippen LogP contribution in [0.4, 0.5) is 0 Å². The van der Waals surface area contributed by atoms with E-state index in [0.29, 0.717) is 12.5 Å². The summed E-state index contributed by atoms with van der Waals surface area (Å²) in [5, 5.41) is 11.7. The van der Waals surface area contributed by atoms with Crippen molar-refractivity contribution in [1.82, 2.24) is 5.32 Å².